The molecule has 0 bridgehead atoms. The van der Waals surface area contributed by atoms with E-state index in [0.717, 1.165) is 0 Å². The van der Waals surface area contributed by atoms with E-state index in [-0.39, 0.29) is 0 Å². The molecule has 0 aliphatic rings. The van der Waals surface area contributed by atoms with Crippen LogP contribution < -0.4 is 0 Å². The largest absolute Gasteiger partial charge is 0.275 e. The van der Waals surface area contributed by atoms with Crippen LogP contribution in [0.1, 0.15) is 20.9 Å². The van der Waals surface area contributed by atoms with Gasteiger partial charge in [-0.1, -0.05) is 0 Å². The maximum atomic E-state index is 11.1. The molecule has 0 amide bonds. The Hall–Kier alpha value is -1.54. The molecule has 88 valence electrons. The maximum absolute atomic E-state index is 11.1. The molecule has 1 aromatic rings. The lowest BCUT2D eigenvalue weighted by Gasteiger charge is -2.04. The van der Waals surface area contributed by atoms with E-state index in [0.29, 0.717) is 6.26 Å². The number of nitrogens with zero attached hydrogens (tertiary/aromatic N) is 2. The van der Waals surface area contributed by atoms with Crippen LogP contribution in [0.3, 0.4) is 0 Å². The number of pyridine rings is 1. The molecule has 0 fully saturated rings. The fourth-order valence-electron chi connectivity index (χ4n) is 0.693. The van der Waals surface area contributed by atoms with E-state index < -0.39 is 57.6 Å². The smallest absolute Gasteiger partial charge is 0.264 e. The summed E-state index contributed by atoms with van der Waals surface area (Å²) in [4.78, 5) is 13.0. The molecule has 0 radical (unpaired) electrons. The van der Waals surface area contributed by atoms with Crippen LogP contribution in [-0.2, 0) is 20.9 Å². The number of nitro groups is 1. The highest BCUT2D eigenvalue weighted by atomic mass is 32.2. The Morgan fingerprint density at radius 1 is 1.81 bits per heavy atom. The van der Waals surface area contributed by atoms with E-state index in [2.05, 4.69) is 9.17 Å². The molecule has 16 heavy (non-hydrogen) atoms. The molecular weight excluding hydrogens is 236 g/mol. The summed E-state index contributed by atoms with van der Waals surface area (Å²) in [5.41, 5.74) is -3.92. The number of rotatable bonds is 4. The van der Waals surface area contributed by atoms with Crippen molar-refractivity contribution in [2.24, 2.45) is 0 Å². The van der Waals surface area contributed by atoms with Crippen LogP contribution in [0.4, 0.5) is 5.69 Å². The number of hydrogen-bond donors (Lipinski definition) is 0. The third-order valence-corrected chi connectivity index (χ3v) is 1.67. The van der Waals surface area contributed by atoms with Crippen molar-refractivity contribution in [1.82, 2.24) is 4.98 Å². The molecule has 7 nitrogen and oxygen atoms in total. The molecule has 0 spiro atoms. The van der Waals surface area contributed by atoms with E-state index >= 15 is 0 Å². The zero-order chi connectivity index (χ0) is 18.4. The first-order valence-electron chi connectivity index (χ1n) is 7.15. The van der Waals surface area contributed by atoms with E-state index in [4.69, 9.17) is 9.60 Å². The van der Waals surface area contributed by atoms with Crippen LogP contribution in [0.5, 0.6) is 0 Å². The highest BCUT2D eigenvalue weighted by Crippen LogP contribution is 2.19. The van der Waals surface area contributed by atoms with Gasteiger partial charge in [-0.2, -0.15) is 8.42 Å². The van der Waals surface area contributed by atoms with Gasteiger partial charge in [0.2, 0.25) is 0 Å². The molecule has 0 aromatic carbocycles. The molecule has 0 saturated carbocycles. The second-order valence-corrected chi connectivity index (χ2v) is 4.14. The quantitative estimate of drug-likeness (QED) is 0.446. The first-order valence-corrected chi connectivity index (χ1v) is 5.46. The van der Waals surface area contributed by atoms with E-state index in [1.807, 2.05) is 0 Å². The normalized spacial score (nSPS) is 19.4. The SMILES string of the molecule is [2H]c1nc(C([2H])([2H])OS(C)(=O)=O)c(C([2H])([2H])[2H])c([N+](=O)[O-])c1[2H]. The molecule has 1 rings (SSSR count). The Kier molecular flexibility index (Phi) is 1.61. The van der Waals surface area contributed by atoms with Gasteiger partial charge in [0.15, 0.2) is 0 Å². The van der Waals surface area contributed by atoms with E-state index in [1.54, 1.807) is 0 Å². The van der Waals surface area contributed by atoms with Crippen molar-refractivity contribution in [3.63, 3.8) is 0 Å². The molecule has 0 aliphatic heterocycles. The Balaban J connectivity index is 3.90. The topological polar surface area (TPSA) is 99.4 Å². The fourth-order valence-corrected chi connectivity index (χ4v) is 0.924. The molecule has 1 heterocycles. The molecule has 0 aliphatic carbocycles. The highest BCUT2D eigenvalue weighted by Gasteiger charge is 2.15. The Bertz CT molecular complexity index is 761. The second-order valence-electron chi connectivity index (χ2n) is 2.57. The predicted octanol–water partition coefficient (Wildman–Crippen LogP) is 0.774. The van der Waals surface area contributed by atoms with Gasteiger partial charge in [-0.3, -0.25) is 19.3 Å². The first kappa shape index (κ1) is 5.69. The van der Waals surface area contributed by atoms with Crippen molar-refractivity contribution in [2.45, 2.75) is 13.4 Å². The maximum Gasteiger partial charge on any atom is 0.275 e. The molecular formula is C8H10N2O5S. The van der Waals surface area contributed by atoms with Crippen molar-refractivity contribution in [2.75, 3.05) is 6.26 Å². The molecule has 0 N–H and O–H groups in total. The van der Waals surface area contributed by atoms with Crippen molar-refractivity contribution in [1.29, 1.82) is 0 Å². The van der Waals surface area contributed by atoms with Gasteiger partial charge in [0, 0.05) is 16.3 Å². The third kappa shape index (κ3) is 3.24. The predicted molar refractivity (Wildman–Crippen MR) is 55.3 cm³/mol. The first-order chi connectivity index (χ1) is 10.1. The van der Waals surface area contributed by atoms with Crippen LogP contribution in [-0.4, -0.2) is 24.6 Å². The summed E-state index contributed by atoms with van der Waals surface area (Å²) in [6, 6.07) is -1.14. The lowest BCUT2D eigenvalue weighted by Crippen LogP contribution is -2.06. The minimum Gasteiger partial charge on any atom is -0.264 e. The van der Waals surface area contributed by atoms with E-state index in [9.17, 15) is 18.5 Å². The molecule has 0 atom stereocenters. The van der Waals surface area contributed by atoms with Gasteiger partial charge in [-0.15, -0.1) is 0 Å². The van der Waals surface area contributed by atoms with Gasteiger partial charge in [0.1, 0.15) is 6.56 Å². The summed E-state index contributed by atoms with van der Waals surface area (Å²) in [5, 5.41) is 11.0. The Morgan fingerprint density at radius 3 is 3.00 bits per heavy atom. The Labute approximate surface area is 102 Å². The summed E-state index contributed by atoms with van der Waals surface area (Å²) in [7, 11) is -4.42. The van der Waals surface area contributed by atoms with Crippen molar-refractivity contribution >= 4 is 15.8 Å². The van der Waals surface area contributed by atoms with Gasteiger partial charge in [0.05, 0.1) is 27.9 Å². The molecule has 0 saturated heterocycles. The lowest BCUT2D eigenvalue weighted by atomic mass is 10.2. The van der Waals surface area contributed by atoms with Crippen molar-refractivity contribution < 1.29 is 27.1 Å². The summed E-state index contributed by atoms with van der Waals surface area (Å²) in [5.74, 6) is 0. The van der Waals surface area contributed by atoms with Gasteiger partial charge in [-0.25, -0.2) is 0 Å². The average molecular weight is 253 g/mol. The highest BCUT2D eigenvalue weighted by molar-refractivity contribution is 7.85. The van der Waals surface area contributed by atoms with Crippen molar-refractivity contribution in [3.8, 4) is 0 Å². The summed E-state index contributed by atoms with van der Waals surface area (Å²) in [6.07, 6.45) is -0.616. The average Bonchev–Trinajstić information content (AvgIpc) is 2.26. The fraction of sp³-hybridized carbons (Fsp3) is 0.375. The van der Waals surface area contributed by atoms with E-state index in [1.165, 1.54) is 0 Å². The standard InChI is InChI=1S/C8H10N2O5S/c1-6-7(5-15-16(2,13)14)9-4-3-8(6)10(11)12/h3-4H,5H2,1-2H3/i1D3,3D,4D,5D2. The minimum absolute atomic E-state index is 0.481. The number of aromatic nitrogens is 1. The van der Waals surface area contributed by atoms with Crippen molar-refractivity contribution in [3.05, 3.63) is 33.6 Å². The van der Waals surface area contributed by atoms with Crippen LogP contribution >= 0.6 is 0 Å². The third-order valence-electron chi connectivity index (χ3n) is 1.29. The minimum atomic E-state index is -4.42. The summed E-state index contributed by atoms with van der Waals surface area (Å²) >= 11 is 0. The van der Waals surface area contributed by atoms with Crippen LogP contribution in [0.2, 0.25) is 0 Å². The van der Waals surface area contributed by atoms with Gasteiger partial charge in [-0.05, 0) is 6.85 Å². The molecule has 0 unspecified atom stereocenters. The zero-order valence-electron chi connectivity index (χ0n) is 14.8. The lowest BCUT2D eigenvalue weighted by molar-refractivity contribution is -0.385. The monoisotopic (exact) mass is 253 g/mol. The van der Waals surface area contributed by atoms with Crippen LogP contribution in [0, 0.1) is 17.0 Å². The van der Waals surface area contributed by atoms with Gasteiger partial charge < -0.3 is 0 Å². The number of hydrogen-bond acceptors (Lipinski definition) is 6. The van der Waals surface area contributed by atoms with Crippen LogP contribution in [0.15, 0.2) is 12.2 Å². The zero-order valence-corrected chi connectivity index (χ0v) is 8.66. The summed E-state index contributed by atoms with van der Waals surface area (Å²) in [6.45, 7) is -6.69. The van der Waals surface area contributed by atoms with Gasteiger partial charge >= 0.3 is 0 Å². The summed E-state index contributed by atoms with van der Waals surface area (Å²) < 4.78 is 78.0. The van der Waals surface area contributed by atoms with Gasteiger partial charge in [0.25, 0.3) is 15.8 Å². The second kappa shape index (κ2) is 4.54. The molecule has 8 heteroatoms. The Morgan fingerprint density at radius 2 is 2.50 bits per heavy atom. The molecule has 1 aromatic heterocycles. The van der Waals surface area contributed by atoms with Crippen LogP contribution in [0.25, 0.3) is 0 Å².